The number of nitrogens with zero attached hydrogens (tertiary/aromatic N) is 3. The Kier molecular flexibility index (Phi) is 4.58. The molecule has 1 aliphatic heterocycles. The number of rotatable bonds is 1. The molecule has 0 aromatic carbocycles. The molecule has 1 saturated heterocycles. The van der Waals surface area contributed by atoms with Gasteiger partial charge >= 0.3 is 6.18 Å². The van der Waals surface area contributed by atoms with Crippen LogP contribution in [0.2, 0.25) is 0 Å². The smallest absolute Gasteiger partial charge is 0.391 e. The molecule has 0 aliphatic carbocycles. The second-order valence-corrected chi connectivity index (χ2v) is 6.95. The standard InChI is InChI=1S/C16H20F3N3O/c1-15(2,3)11-6-7-22(9-13(11)23)14-5-4-10(16(17,18)19)12(8-20)21-14/h4-5,11,13,23H,6-7,9H2,1-3H3. The van der Waals surface area contributed by atoms with Crippen molar-refractivity contribution in [1.82, 2.24) is 4.98 Å². The van der Waals surface area contributed by atoms with Gasteiger partial charge in [-0.2, -0.15) is 18.4 Å². The van der Waals surface area contributed by atoms with Gasteiger partial charge in [0.15, 0.2) is 5.69 Å². The van der Waals surface area contributed by atoms with E-state index >= 15 is 0 Å². The van der Waals surface area contributed by atoms with Crippen molar-refractivity contribution >= 4 is 5.82 Å². The van der Waals surface area contributed by atoms with Gasteiger partial charge in [-0.1, -0.05) is 20.8 Å². The largest absolute Gasteiger partial charge is 0.419 e. The maximum absolute atomic E-state index is 12.8. The number of halogens is 3. The average molecular weight is 327 g/mol. The molecule has 0 spiro atoms. The molecule has 23 heavy (non-hydrogen) atoms. The molecule has 4 nitrogen and oxygen atoms in total. The van der Waals surface area contributed by atoms with Crippen molar-refractivity contribution in [2.75, 3.05) is 18.0 Å². The van der Waals surface area contributed by atoms with E-state index in [-0.39, 0.29) is 11.3 Å². The minimum Gasteiger partial charge on any atom is -0.391 e. The molecule has 2 heterocycles. The van der Waals surface area contributed by atoms with Crippen molar-refractivity contribution < 1.29 is 18.3 Å². The second kappa shape index (κ2) is 6.00. The maximum atomic E-state index is 12.8. The summed E-state index contributed by atoms with van der Waals surface area (Å²) in [5.74, 6) is 0.407. The molecular weight excluding hydrogens is 307 g/mol. The molecule has 1 fully saturated rings. The summed E-state index contributed by atoms with van der Waals surface area (Å²) < 4.78 is 38.4. The molecule has 0 radical (unpaired) electrons. The third kappa shape index (κ3) is 3.75. The number of hydrogen-bond donors (Lipinski definition) is 1. The summed E-state index contributed by atoms with van der Waals surface area (Å²) in [4.78, 5) is 5.57. The molecule has 7 heteroatoms. The highest BCUT2D eigenvalue weighted by atomic mass is 19.4. The Morgan fingerprint density at radius 2 is 1.96 bits per heavy atom. The van der Waals surface area contributed by atoms with Crippen LogP contribution in [0, 0.1) is 22.7 Å². The van der Waals surface area contributed by atoms with Crippen LogP contribution >= 0.6 is 0 Å². The lowest BCUT2D eigenvalue weighted by Gasteiger charge is -2.42. The summed E-state index contributed by atoms with van der Waals surface area (Å²) in [7, 11) is 0. The quantitative estimate of drug-likeness (QED) is 0.860. The first kappa shape index (κ1) is 17.5. The number of aromatic nitrogens is 1. The van der Waals surface area contributed by atoms with Gasteiger partial charge in [-0.15, -0.1) is 0 Å². The minimum absolute atomic E-state index is 0.0448. The Hall–Kier alpha value is -1.81. The van der Waals surface area contributed by atoms with E-state index in [0.29, 0.717) is 18.9 Å². The molecule has 1 N–H and O–H groups in total. The van der Waals surface area contributed by atoms with E-state index in [1.165, 1.54) is 12.1 Å². The molecule has 126 valence electrons. The fraction of sp³-hybridized carbons (Fsp3) is 0.625. The van der Waals surface area contributed by atoms with Gasteiger partial charge in [0, 0.05) is 13.1 Å². The number of alkyl halides is 3. The van der Waals surface area contributed by atoms with Crippen LogP contribution in [-0.2, 0) is 6.18 Å². The van der Waals surface area contributed by atoms with Crippen molar-refractivity contribution in [2.45, 2.75) is 39.5 Å². The number of aliphatic hydroxyl groups is 1. The molecule has 1 aliphatic rings. The average Bonchev–Trinajstić information content (AvgIpc) is 2.44. The van der Waals surface area contributed by atoms with E-state index in [2.05, 4.69) is 25.8 Å². The molecule has 0 amide bonds. The van der Waals surface area contributed by atoms with Gasteiger partial charge in [0.25, 0.3) is 0 Å². The molecule has 2 atom stereocenters. The Bertz CT molecular complexity index is 616. The predicted octanol–water partition coefficient (Wildman–Crippen LogP) is 3.21. The lowest BCUT2D eigenvalue weighted by Crippen LogP contribution is -2.48. The van der Waals surface area contributed by atoms with Crippen molar-refractivity contribution in [3.63, 3.8) is 0 Å². The first-order valence-corrected chi connectivity index (χ1v) is 7.45. The van der Waals surface area contributed by atoms with E-state index in [0.717, 1.165) is 12.5 Å². The Labute approximate surface area is 133 Å². The first-order chi connectivity index (χ1) is 10.5. The highest BCUT2D eigenvalue weighted by Crippen LogP contribution is 2.36. The van der Waals surface area contributed by atoms with Gasteiger partial charge < -0.3 is 10.0 Å². The summed E-state index contributed by atoms with van der Waals surface area (Å²) >= 11 is 0. The van der Waals surface area contributed by atoms with Crippen LogP contribution in [0.15, 0.2) is 12.1 Å². The SMILES string of the molecule is CC(C)(C)C1CCN(c2ccc(C(F)(F)F)c(C#N)n2)CC1O. The van der Waals surface area contributed by atoms with Crippen LogP contribution in [0.1, 0.15) is 38.4 Å². The van der Waals surface area contributed by atoms with Crippen LogP contribution < -0.4 is 4.90 Å². The molecule has 2 unspecified atom stereocenters. The van der Waals surface area contributed by atoms with Crippen LogP contribution in [-0.4, -0.2) is 29.3 Å². The van der Waals surface area contributed by atoms with E-state index in [4.69, 9.17) is 5.26 Å². The number of anilines is 1. The van der Waals surface area contributed by atoms with Crippen LogP contribution in [0.5, 0.6) is 0 Å². The van der Waals surface area contributed by atoms with Gasteiger partial charge in [-0.05, 0) is 29.9 Å². The third-order valence-corrected chi connectivity index (χ3v) is 4.31. The van der Waals surface area contributed by atoms with Gasteiger partial charge in [0.1, 0.15) is 11.9 Å². The molecular formula is C16H20F3N3O. The zero-order valence-corrected chi connectivity index (χ0v) is 13.4. The number of piperidine rings is 1. The Morgan fingerprint density at radius 1 is 1.30 bits per heavy atom. The van der Waals surface area contributed by atoms with Gasteiger partial charge in [0.05, 0.1) is 11.7 Å². The maximum Gasteiger partial charge on any atom is 0.419 e. The number of β-amino-alcohol motifs (C(OH)–C–C–N with tert-alkyl or cyclic N) is 1. The number of nitriles is 1. The molecule has 0 saturated carbocycles. The van der Waals surface area contributed by atoms with Crippen molar-refractivity contribution in [1.29, 1.82) is 5.26 Å². The first-order valence-electron chi connectivity index (χ1n) is 7.45. The monoisotopic (exact) mass is 327 g/mol. The van der Waals surface area contributed by atoms with Gasteiger partial charge in [-0.3, -0.25) is 0 Å². The van der Waals surface area contributed by atoms with Crippen LogP contribution in [0.25, 0.3) is 0 Å². The van der Waals surface area contributed by atoms with Crippen LogP contribution in [0.4, 0.5) is 19.0 Å². The van der Waals surface area contributed by atoms with Gasteiger partial charge in [-0.25, -0.2) is 4.98 Å². The minimum atomic E-state index is -4.60. The van der Waals surface area contributed by atoms with Crippen molar-refractivity contribution in [3.05, 3.63) is 23.4 Å². The van der Waals surface area contributed by atoms with Gasteiger partial charge in [0.2, 0.25) is 0 Å². The van der Waals surface area contributed by atoms with E-state index in [1.807, 2.05) is 0 Å². The summed E-state index contributed by atoms with van der Waals surface area (Å²) in [6.45, 7) is 7.05. The zero-order valence-electron chi connectivity index (χ0n) is 13.4. The van der Waals surface area contributed by atoms with Crippen molar-refractivity contribution in [3.8, 4) is 6.07 Å². The number of aliphatic hydroxyl groups excluding tert-OH is 1. The van der Waals surface area contributed by atoms with E-state index < -0.39 is 23.5 Å². The third-order valence-electron chi connectivity index (χ3n) is 4.31. The summed E-state index contributed by atoms with van der Waals surface area (Å²) in [5.41, 5.74) is -1.71. The summed E-state index contributed by atoms with van der Waals surface area (Å²) in [6, 6.07) is 3.64. The van der Waals surface area contributed by atoms with E-state index in [9.17, 15) is 18.3 Å². The second-order valence-electron chi connectivity index (χ2n) is 6.95. The molecule has 0 bridgehead atoms. The summed E-state index contributed by atoms with van der Waals surface area (Å²) in [6.07, 6.45) is -4.47. The van der Waals surface area contributed by atoms with Crippen molar-refractivity contribution in [2.24, 2.45) is 11.3 Å². The lowest BCUT2D eigenvalue weighted by molar-refractivity contribution is -0.138. The highest BCUT2D eigenvalue weighted by molar-refractivity contribution is 5.46. The fourth-order valence-electron chi connectivity index (χ4n) is 3.09. The lowest BCUT2D eigenvalue weighted by atomic mass is 9.74. The predicted molar refractivity (Wildman–Crippen MR) is 79.7 cm³/mol. The fourth-order valence-corrected chi connectivity index (χ4v) is 3.09. The Balaban J connectivity index is 2.23. The topological polar surface area (TPSA) is 60.2 Å². The molecule has 1 aromatic heterocycles. The number of pyridine rings is 1. The van der Waals surface area contributed by atoms with E-state index in [1.54, 1.807) is 4.90 Å². The molecule has 2 rings (SSSR count). The zero-order chi connectivity index (χ0) is 17.4. The van der Waals surface area contributed by atoms with Crippen LogP contribution in [0.3, 0.4) is 0 Å². The highest BCUT2D eigenvalue weighted by Gasteiger charge is 2.37. The summed E-state index contributed by atoms with van der Waals surface area (Å²) in [5, 5.41) is 19.3. The Morgan fingerprint density at radius 3 is 2.43 bits per heavy atom. The molecule has 1 aromatic rings. The normalized spacial score (nSPS) is 22.8. The number of hydrogen-bond acceptors (Lipinski definition) is 4.